The molecule has 2 N–H and O–H groups in total. The van der Waals surface area contributed by atoms with Gasteiger partial charge in [-0.15, -0.1) is 0 Å². The third-order valence-electron chi connectivity index (χ3n) is 5.65. The first kappa shape index (κ1) is 24.7. The lowest BCUT2D eigenvalue weighted by atomic mass is 9.98. The fourth-order valence-electron chi connectivity index (χ4n) is 3.70. The predicted octanol–water partition coefficient (Wildman–Crippen LogP) is 2.49. The van der Waals surface area contributed by atoms with E-state index in [1.54, 1.807) is 6.66 Å². The molecule has 1 aromatic rings. The molecule has 1 amide bonds. The van der Waals surface area contributed by atoms with Gasteiger partial charge >= 0.3 is 0 Å². The van der Waals surface area contributed by atoms with Crippen LogP contribution in [0.2, 0.25) is 0 Å². The molecule has 2 aliphatic rings. The molecule has 2 heterocycles. The minimum atomic E-state index is -2.97. The average molecular weight is 491 g/mol. The lowest BCUT2D eigenvalue weighted by Crippen LogP contribution is -2.47. The van der Waals surface area contributed by atoms with E-state index in [2.05, 4.69) is 0 Å². The first-order valence-corrected chi connectivity index (χ1v) is 15.3. The molecule has 11 heteroatoms. The van der Waals surface area contributed by atoms with E-state index in [0.29, 0.717) is 76.9 Å². The molecule has 2 atom stereocenters. The van der Waals surface area contributed by atoms with Crippen LogP contribution < -0.4 is 10.5 Å². The number of ether oxygens (including phenoxy) is 3. The summed E-state index contributed by atoms with van der Waals surface area (Å²) < 4.78 is 44.1. The Morgan fingerprint density at radius 2 is 1.81 bits per heavy atom. The number of hydrogen-bond acceptors (Lipinski definition) is 7. The standard InChI is InChI=1S/C20H31N2O6PS2/c1-29(24,20(19(21)23)7-12-26-13-8-20)30-18-5-3-17(4-6-18)28-11-2-16-31(25)22-9-14-27-15-10-22/h3-6H,2,7-16H2,1H3,(H2,21,23). The van der Waals surface area contributed by atoms with Crippen LogP contribution in [0.4, 0.5) is 0 Å². The maximum atomic E-state index is 13.5. The summed E-state index contributed by atoms with van der Waals surface area (Å²) in [5, 5.41) is -1.03. The van der Waals surface area contributed by atoms with Crippen LogP contribution in [0.15, 0.2) is 29.2 Å². The van der Waals surface area contributed by atoms with Crippen LogP contribution in [0, 0.1) is 0 Å². The molecule has 0 radical (unpaired) electrons. The molecule has 2 unspecified atom stereocenters. The molecule has 0 aliphatic carbocycles. The number of morpholine rings is 1. The van der Waals surface area contributed by atoms with Crippen LogP contribution in [0.1, 0.15) is 19.3 Å². The number of benzene rings is 1. The fraction of sp³-hybridized carbons (Fsp3) is 0.650. The number of nitrogens with zero attached hydrogens (tertiary/aromatic N) is 1. The molecule has 0 saturated carbocycles. The summed E-state index contributed by atoms with van der Waals surface area (Å²) in [6.07, 6.45) is -1.51. The number of nitrogens with two attached hydrogens (primary N) is 1. The van der Waals surface area contributed by atoms with Crippen LogP contribution in [0.5, 0.6) is 5.75 Å². The quantitative estimate of drug-likeness (QED) is 0.397. The van der Waals surface area contributed by atoms with Crippen molar-refractivity contribution in [1.82, 2.24) is 4.31 Å². The van der Waals surface area contributed by atoms with Crippen molar-refractivity contribution in [3.8, 4) is 5.75 Å². The maximum Gasteiger partial charge on any atom is 0.232 e. The Kier molecular flexibility index (Phi) is 9.01. The molecule has 3 rings (SSSR count). The van der Waals surface area contributed by atoms with Crippen molar-refractivity contribution >= 4 is 34.6 Å². The van der Waals surface area contributed by atoms with Crippen LogP contribution >= 0.6 is 17.7 Å². The largest absolute Gasteiger partial charge is 0.494 e. The number of amides is 1. The highest BCUT2D eigenvalue weighted by molar-refractivity contribution is 8.58. The highest BCUT2D eigenvalue weighted by Crippen LogP contribution is 2.70. The van der Waals surface area contributed by atoms with Crippen LogP contribution in [-0.4, -0.2) is 78.1 Å². The number of carbonyl (C=O) groups excluding carboxylic acids is 1. The molecular formula is C20H31N2O6PS2. The molecule has 2 aliphatic heterocycles. The van der Waals surface area contributed by atoms with Gasteiger partial charge in [0.2, 0.25) is 5.91 Å². The van der Waals surface area contributed by atoms with Crippen molar-refractivity contribution in [3.63, 3.8) is 0 Å². The Labute approximate surface area is 190 Å². The third-order valence-corrected chi connectivity index (χ3v) is 13.0. The first-order valence-electron chi connectivity index (χ1n) is 10.4. The summed E-state index contributed by atoms with van der Waals surface area (Å²) in [4.78, 5) is 13.0. The summed E-state index contributed by atoms with van der Waals surface area (Å²) in [6, 6.07) is 7.33. The van der Waals surface area contributed by atoms with E-state index in [0.717, 1.165) is 4.90 Å². The highest BCUT2D eigenvalue weighted by atomic mass is 32.7. The van der Waals surface area contributed by atoms with Crippen molar-refractivity contribution in [2.24, 2.45) is 5.73 Å². The van der Waals surface area contributed by atoms with Gasteiger partial charge in [0.1, 0.15) is 10.9 Å². The molecule has 31 heavy (non-hydrogen) atoms. The van der Waals surface area contributed by atoms with Crippen LogP contribution in [-0.2, 0) is 29.8 Å². The lowest BCUT2D eigenvalue weighted by molar-refractivity contribution is -0.122. The van der Waals surface area contributed by atoms with Gasteiger partial charge in [0, 0.05) is 37.0 Å². The second-order valence-electron chi connectivity index (χ2n) is 7.69. The molecule has 0 aromatic heterocycles. The molecular weight excluding hydrogens is 459 g/mol. The van der Waals surface area contributed by atoms with Crippen molar-refractivity contribution in [3.05, 3.63) is 24.3 Å². The van der Waals surface area contributed by atoms with E-state index in [1.165, 1.54) is 11.4 Å². The lowest BCUT2D eigenvalue weighted by Gasteiger charge is -2.38. The van der Waals surface area contributed by atoms with Gasteiger partial charge in [-0.1, -0.05) is 11.4 Å². The van der Waals surface area contributed by atoms with Crippen molar-refractivity contribution in [2.45, 2.75) is 29.3 Å². The van der Waals surface area contributed by atoms with Gasteiger partial charge in [-0.25, -0.2) is 8.51 Å². The third kappa shape index (κ3) is 6.33. The van der Waals surface area contributed by atoms with Gasteiger partial charge in [0.25, 0.3) is 0 Å². The molecule has 1 aromatic carbocycles. The van der Waals surface area contributed by atoms with E-state index >= 15 is 0 Å². The second kappa shape index (κ2) is 11.3. The number of primary amides is 1. The number of hydrogen-bond donors (Lipinski definition) is 1. The van der Waals surface area contributed by atoms with Gasteiger partial charge in [0.05, 0.1) is 30.8 Å². The predicted molar refractivity (Wildman–Crippen MR) is 123 cm³/mol. The Balaban J connectivity index is 1.48. The Hall–Kier alpha value is -0.900. The van der Waals surface area contributed by atoms with E-state index in [1.807, 2.05) is 28.6 Å². The number of carbonyl (C=O) groups is 1. The van der Waals surface area contributed by atoms with Gasteiger partial charge in [-0.2, -0.15) is 0 Å². The zero-order chi connectivity index (χ0) is 22.3. The topological polar surface area (TPSA) is 108 Å². The van der Waals surface area contributed by atoms with E-state index in [4.69, 9.17) is 19.9 Å². The Bertz CT molecular complexity index is 810. The Morgan fingerprint density at radius 3 is 2.42 bits per heavy atom. The maximum absolute atomic E-state index is 13.5. The van der Waals surface area contributed by atoms with E-state index in [9.17, 15) is 13.6 Å². The molecule has 2 fully saturated rings. The monoisotopic (exact) mass is 490 g/mol. The molecule has 8 nitrogen and oxygen atoms in total. The van der Waals surface area contributed by atoms with Gasteiger partial charge < -0.3 is 24.5 Å². The Morgan fingerprint density at radius 1 is 1.19 bits per heavy atom. The normalized spacial score (nSPS) is 22.4. The van der Waals surface area contributed by atoms with Gasteiger partial charge in [0.15, 0.2) is 6.34 Å². The van der Waals surface area contributed by atoms with Crippen molar-refractivity contribution < 1.29 is 27.8 Å². The summed E-state index contributed by atoms with van der Waals surface area (Å²) in [6.45, 7) is 5.58. The molecule has 0 bridgehead atoms. The zero-order valence-electron chi connectivity index (χ0n) is 17.8. The van der Waals surface area contributed by atoms with Gasteiger partial charge in [-0.05, 0) is 50.2 Å². The van der Waals surface area contributed by atoms with Gasteiger partial charge in [-0.3, -0.25) is 4.79 Å². The minimum absolute atomic E-state index is 0.385. The second-order valence-corrected chi connectivity index (χ2v) is 15.1. The van der Waals surface area contributed by atoms with Crippen molar-refractivity contribution in [2.75, 3.05) is 58.5 Å². The summed E-state index contributed by atoms with van der Waals surface area (Å²) in [5.74, 6) is 0.748. The van der Waals surface area contributed by atoms with Crippen molar-refractivity contribution in [1.29, 1.82) is 0 Å². The number of rotatable bonds is 10. The van der Waals surface area contributed by atoms with Crippen LogP contribution in [0.3, 0.4) is 0 Å². The smallest absolute Gasteiger partial charge is 0.232 e. The van der Waals surface area contributed by atoms with E-state index < -0.39 is 28.4 Å². The highest BCUT2D eigenvalue weighted by Gasteiger charge is 2.51. The fourth-order valence-corrected chi connectivity index (χ4v) is 10.0. The molecule has 2 saturated heterocycles. The summed E-state index contributed by atoms with van der Waals surface area (Å²) in [5.41, 5.74) is 5.67. The minimum Gasteiger partial charge on any atom is -0.494 e. The summed E-state index contributed by atoms with van der Waals surface area (Å²) >= 11 is 1.22. The molecule has 174 valence electrons. The molecule has 0 spiro atoms. The summed E-state index contributed by atoms with van der Waals surface area (Å²) in [7, 11) is -0.998. The zero-order valence-corrected chi connectivity index (χ0v) is 20.4. The van der Waals surface area contributed by atoms with E-state index in [-0.39, 0.29) is 0 Å². The average Bonchev–Trinajstić information content (AvgIpc) is 2.78. The SMILES string of the molecule is CP(=O)(Sc1ccc(OCCCS(=O)N2CCOCC2)cc1)C1(C(N)=O)CCOCC1. The first-order chi connectivity index (χ1) is 14.8. The van der Waals surface area contributed by atoms with Crippen LogP contribution in [0.25, 0.3) is 0 Å².